The number of carbonyl (C=O) groups excluding carboxylic acids is 1. The highest BCUT2D eigenvalue weighted by Gasteiger charge is 2.28. The van der Waals surface area contributed by atoms with E-state index in [9.17, 15) is 9.90 Å². The van der Waals surface area contributed by atoms with Crippen LogP contribution in [0.5, 0.6) is 0 Å². The van der Waals surface area contributed by atoms with Crippen molar-refractivity contribution < 1.29 is 9.90 Å². The van der Waals surface area contributed by atoms with Crippen molar-refractivity contribution in [3.05, 3.63) is 0 Å². The highest BCUT2D eigenvalue weighted by molar-refractivity contribution is 5.78. The number of amides is 1. The molecule has 2 rings (SSSR count). The van der Waals surface area contributed by atoms with Crippen LogP contribution in [0, 0.1) is 5.92 Å². The van der Waals surface area contributed by atoms with Gasteiger partial charge in [-0.25, -0.2) is 0 Å². The molecule has 1 saturated heterocycles. The van der Waals surface area contributed by atoms with E-state index in [-0.39, 0.29) is 18.1 Å². The molecule has 0 radical (unpaired) electrons. The van der Waals surface area contributed by atoms with E-state index in [1.54, 1.807) is 0 Å². The van der Waals surface area contributed by atoms with Crippen molar-refractivity contribution in [3.8, 4) is 0 Å². The Hall–Kier alpha value is -0.610. The van der Waals surface area contributed by atoms with Crippen LogP contribution in [0.15, 0.2) is 0 Å². The van der Waals surface area contributed by atoms with Gasteiger partial charge in [-0.1, -0.05) is 13.3 Å². The predicted molar refractivity (Wildman–Crippen MR) is 80.5 cm³/mol. The fourth-order valence-corrected chi connectivity index (χ4v) is 3.62. The van der Waals surface area contributed by atoms with Crippen LogP contribution in [-0.4, -0.2) is 47.2 Å². The molecule has 0 bridgehead atoms. The minimum Gasteiger partial charge on any atom is -0.392 e. The van der Waals surface area contributed by atoms with E-state index in [2.05, 4.69) is 17.1 Å². The molecule has 4 heteroatoms. The molecule has 0 spiro atoms. The summed E-state index contributed by atoms with van der Waals surface area (Å²) in [5, 5.41) is 13.0. The number of rotatable bonds is 4. The molecule has 116 valence electrons. The summed E-state index contributed by atoms with van der Waals surface area (Å²) in [6, 6.07) is 0.523. The second kappa shape index (κ2) is 7.41. The van der Waals surface area contributed by atoms with Crippen LogP contribution in [0.2, 0.25) is 0 Å². The zero-order valence-electron chi connectivity index (χ0n) is 13.0. The third-order valence-electron chi connectivity index (χ3n) is 4.95. The normalized spacial score (nSPS) is 33.6. The molecule has 4 nitrogen and oxygen atoms in total. The van der Waals surface area contributed by atoms with Gasteiger partial charge < -0.3 is 10.4 Å². The number of aliphatic hydroxyl groups is 1. The number of likely N-dealkylation sites (tertiary alicyclic amines) is 1. The third-order valence-corrected chi connectivity index (χ3v) is 4.95. The molecule has 2 atom stereocenters. The molecule has 2 aliphatic rings. The lowest BCUT2D eigenvalue weighted by atomic mass is 9.87. The quantitative estimate of drug-likeness (QED) is 0.828. The molecule has 0 aromatic rings. The summed E-state index contributed by atoms with van der Waals surface area (Å²) in [5.74, 6) is 0.946. The van der Waals surface area contributed by atoms with Gasteiger partial charge in [0.2, 0.25) is 5.91 Å². The van der Waals surface area contributed by atoms with Crippen molar-refractivity contribution in [3.63, 3.8) is 0 Å². The number of aliphatic hydroxyl groups excluding tert-OH is 1. The van der Waals surface area contributed by atoms with E-state index in [1.807, 2.05) is 6.92 Å². The standard InChI is InChI=1S/C16H30N2O2/c1-12-6-8-14(9-7-12)17-16(20)11-18-10-4-3-5-15(18)13(2)19/h12-15,19H,3-11H2,1-2H3,(H,17,20)/t12?,13-,14?,15-/m1/s1. The van der Waals surface area contributed by atoms with Crippen molar-refractivity contribution in [2.45, 2.75) is 77.0 Å². The molecule has 0 unspecified atom stereocenters. The van der Waals surface area contributed by atoms with Gasteiger partial charge in [0, 0.05) is 12.1 Å². The van der Waals surface area contributed by atoms with Gasteiger partial charge in [-0.3, -0.25) is 9.69 Å². The first-order valence-corrected chi connectivity index (χ1v) is 8.27. The minimum atomic E-state index is -0.348. The van der Waals surface area contributed by atoms with E-state index in [0.717, 1.165) is 44.6 Å². The lowest BCUT2D eigenvalue weighted by Gasteiger charge is -2.37. The molecule has 0 aromatic heterocycles. The average Bonchev–Trinajstić information content (AvgIpc) is 2.41. The largest absolute Gasteiger partial charge is 0.392 e. The molecule has 1 heterocycles. The average molecular weight is 282 g/mol. The second-order valence-electron chi connectivity index (χ2n) is 6.80. The van der Waals surface area contributed by atoms with Gasteiger partial charge in [-0.15, -0.1) is 0 Å². The monoisotopic (exact) mass is 282 g/mol. The van der Waals surface area contributed by atoms with Crippen molar-refractivity contribution >= 4 is 5.91 Å². The Balaban J connectivity index is 1.78. The Morgan fingerprint density at radius 1 is 1.25 bits per heavy atom. The summed E-state index contributed by atoms with van der Waals surface area (Å²) in [6.07, 6.45) is 7.64. The first-order valence-electron chi connectivity index (χ1n) is 8.27. The van der Waals surface area contributed by atoms with Crippen LogP contribution in [0.4, 0.5) is 0 Å². The molecule has 2 fully saturated rings. The summed E-state index contributed by atoms with van der Waals surface area (Å²) in [5.41, 5.74) is 0. The Labute approximate surface area is 122 Å². The molecule has 0 aromatic carbocycles. The fraction of sp³-hybridized carbons (Fsp3) is 0.938. The molecule has 1 amide bonds. The van der Waals surface area contributed by atoms with Crippen LogP contribution in [0.1, 0.15) is 58.8 Å². The fourth-order valence-electron chi connectivity index (χ4n) is 3.62. The summed E-state index contributed by atoms with van der Waals surface area (Å²) in [6.45, 7) is 5.51. The van der Waals surface area contributed by atoms with Crippen molar-refractivity contribution in [2.24, 2.45) is 5.92 Å². The van der Waals surface area contributed by atoms with Crippen LogP contribution >= 0.6 is 0 Å². The minimum absolute atomic E-state index is 0.136. The summed E-state index contributed by atoms with van der Waals surface area (Å²) in [4.78, 5) is 14.4. The highest BCUT2D eigenvalue weighted by Crippen LogP contribution is 2.23. The Bertz CT molecular complexity index is 312. The number of nitrogens with one attached hydrogen (secondary N) is 1. The summed E-state index contributed by atoms with van der Waals surface area (Å²) < 4.78 is 0. The lowest BCUT2D eigenvalue weighted by molar-refractivity contribution is -0.124. The first-order chi connectivity index (χ1) is 9.56. The van der Waals surface area contributed by atoms with Gasteiger partial charge in [-0.05, 0) is 57.9 Å². The maximum absolute atomic E-state index is 12.2. The Morgan fingerprint density at radius 2 is 1.95 bits per heavy atom. The number of hydrogen-bond donors (Lipinski definition) is 2. The molecule has 20 heavy (non-hydrogen) atoms. The van der Waals surface area contributed by atoms with Crippen molar-refractivity contribution in [1.29, 1.82) is 0 Å². The number of nitrogens with zero attached hydrogens (tertiary/aromatic N) is 1. The topological polar surface area (TPSA) is 52.6 Å². The zero-order valence-corrected chi connectivity index (χ0v) is 13.0. The molecule has 1 aliphatic carbocycles. The number of piperidine rings is 1. The molecule has 1 saturated carbocycles. The van der Waals surface area contributed by atoms with Gasteiger partial charge >= 0.3 is 0 Å². The van der Waals surface area contributed by atoms with E-state index >= 15 is 0 Å². The smallest absolute Gasteiger partial charge is 0.234 e. The van der Waals surface area contributed by atoms with Crippen LogP contribution < -0.4 is 5.32 Å². The summed E-state index contributed by atoms with van der Waals surface area (Å²) in [7, 11) is 0. The third kappa shape index (κ3) is 4.45. The second-order valence-corrected chi connectivity index (χ2v) is 6.80. The highest BCUT2D eigenvalue weighted by atomic mass is 16.3. The van der Waals surface area contributed by atoms with E-state index in [4.69, 9.17) is 0 Å². The van der Waals surface area contributed by atoms with E-state index in [0.29, 0.717) is 12.6 Å². The van der Waals surface area contributed by atoms with Gasteiger partial charge in [-0.2, -0.15) is 0 Å². The zero-order chi connectivity index (χ0) is 14.5. The van der Waals surface area contributed by atoms with Crippen LogP contribution in [-0.2, 0) is 4.79 Å². The first kappa shape index (κ1) is 15.8. The number of carbonyl (C=O) groups is 1. The molecule has 1 aliphatic heterocycles. The molecular formula is C16H30N2O2. The maximum atomic E-state index is 12.2. The van der Waals surface area contributed by atoms with E-state index in [1.165, 1.54) is 12.8 Å². The van der Waals surface area contributed by atoms with Crippen molar-refractivity contribution in [1.82, 2.24) is 10.2 Å². The van der Waals surface area contributed by atoms with Gasteiger partial charge in [0.25, 0.3) is 0 Å². The van der Waals surface area contributed by atoms with Gasteiger partial charge in [0.05, 0.1) is 12.6 Å². The van der Waals surface area contributed by atoms with E-state index < -0.39 is 0 Å². The Kier molecular flexibility index (Phi) is 5.85. The summed E-state index contributed by atoms with van der Waals surface area (Å²) >= 11 is 0. The maximum Gasteiger partial charge on any atom is 0.234 e. The molecule has 2 N–H and O–H groups in total. The molecular weight excluding hydrogens is 252 g/mol. The predicted octanol–water partition coefficient (Wildman–Crippen LogP) is 1.92. The van der Waals surface area contributed by atoms with Gasteiger partial charge in [0.15, 0.2) is 0 Å². The lowest BCUT2D eigenvalue weighted by Crippen LogP contribution is -2.51. The van der Waals surface area contributed by atoms with Crippen LogP contribution in [0.25, 0.3) is 0 Å². The SMILES string of the molecule is CC1CCC(NC(=O)CN2CCCC[C@@H]2[C@@H](C)O)CC1. The number of hydrogen-bond acceptors (Lipinski definition) is 3. The van der Waals surface area contributed by atoms with Crippen LogP contribution in [0.3, 0.4) is 0 Å². The van der Waals surface area contributed by atoms with Crippen molar-refractivity contribution in [2.75, 3.05) is 13.1 Å². The Morgan fingerprint density at radius 3 is 2.60 bits per heavy atom. The van der Waals surface area contributed by atoms with Gasteiger partial charge in [0.1, 0.15) is 0 Å².